The molecule has 6 heteroatoms. The Kier molecular flexibility index (Phi) is 7.96. The molecule has 0 spiro atoms. The van der Waals surface area contributed by atoms with Crippen molar-refractivity contribution < 1.29 is 9.18 Å². The molecule has 0 aliphatic rings. The molecular weight excluding hydrogens is 283 g/mol. The van der Waals surface area contributed by atoms with E-state index >= 15 is 0 Å². The van der Waals surface area contributed by atoms with Gasteiger partial charge in [0.1, 0.15) is 5.82 Å². The van der Waals surface area contributed by atoms with Crippen molar-refractivity contribution in [2.45, 2.75) is 26.7 Å². The number of anilines is 1. The van der Waals surface area contributed by atoms with Crippen LogP contribution in [-0.4, -0.2) is 32.0 Å². The van der Waals surface area contributed by atoms with Gasteiger partial charge in [-0.1, -0.05) is 19.9 Å². The molecular formula is C16H25FN4O. The van der Waals surface area contributed by atoms with E-state index in [0.717, 1.165) is 19.4 Å². The molecule has 0 unspecified atom stereocenters. The molecule has 0 radical (unpaired) electrons. The highest BCUT2D eigenvalue weighted by Crippen LogP contribution is 2.08. The van der Waals surface area contributed by atoms with Crippen molar-refractivity contribution in [2.24, 2.45) is 10.9 Å². The number of nitrogens with zero attached hydrogens (tertiary/aromatic N) is 1. The first-order valence-electron chi connectivity index (χ1n) is 7.51. The van der Waals surface area contributed by atoms with Gasteiger partial charge in [0.05, 0.1) is 6.54 Å². The van der Waals surface area contributed by atoms with Crippen LogP contribution in [-0.2, 0) is 4.79 Å². The van der Waals surface area contributed by atoms with Crippen LogP contribution < -0.4 is 16.0 Å². The smallest absolute Gasteiger partial charge is 0.243 e. The predicted molar refractivity (Wildman–Crippen MR) is 88.5 cm³/mol. The molecule has 1 rings (SSSR count). The Bertz CT molecular complexity index is 503. The lowest BCUT2D eigenvalue weighted by molar-refractivity contribution is -0.115. The SMILES string of the molecule is CN=C(NCCCC(C)C)NCC(=O)Nc1cccc(F)c1. The zero-order valence-electron chi connectivity index (χ0n) is 13.4. The van der Waals surface area contributed by atoms with Gasteiger partial charge < -0.3 is 16.0 Å². The fraction of sp³-hybridized carbons (Fsp3) is 0.500. The lowest BCUT2D eigenvalue weighted by Gasteiger charge is -2.12. The van der Waals surface area contributed by atoms with Gasteiger partial charge in [0.2, 0.25) is 5.91 Å². The normalized spacial score (nSPS) is 11.4. The number of aliphatic imine (C=N–C) groups is 1. The minimum absolute atomic E-state index is 0.0698. The maximum absolute atomic E-state index is 13.0. The minimum atomic E-state index is -0.381. The number of carbonyl (C=O) groups excluding carboxylic acids is 1. The summed E-state index contributed by atoms with van der Waals surface area (Å²) in [5.41, 5.74) is 0.437. The summed E-state index contributed by atoms with van der Waals surface area (Å²) in [6, 6.07) is 5.79. The second-order valence-corrected chi connectivity index (χ2v) is 5.45. The van der Waals surface area contributed by atoms with Crippen molar-refractivity contribution in [3.63, 3.8) is 0 Å². The van der Waals surface area contributed by atoms with Crippen molar-refractivity contribution in [2.75, 3.05) is 25.5 Å². The molecule has 122 valence electrons. The van der Waals surface area contributed by atoms with E-state index in [4.69, 9.17) is 0 Å². The highest BCUT2D eigenvalue weighted by Gasteiger charge is 2.05. The monoisotopic (exact) mass is 308 g/mol. The number of guanidine groups is 1. The number of benzene rings is 1. The number of hydrogen-bond acceptors (Lipinski definition) is 2. The van der Waals surface area contributed by atoms with Crippen molar-refractivity contribution in [3.8, 4) is 0 Å². The maximum atomic E-state index is 13.0. The highest BCUT2D eigenvalue weighted by molar-refractivity contribution is 5.94. The van der Waals surface area contributed by atoms with E-state index in [0.29, 0.717) is 17.6 Å². The lowest BCUT2D eigenvalue weighted by atomic mass is 10.1. The molecule has 5 nitrogen and oxygen atoms in total. The summed E-state index contributed by atoms with van der Waals surface area (Å²) in [5.74, 6) is 0.621. The maximum Gasteiger partial charge on any atom is 0.243 e. The summed E-state index contributed by atoms with van der Waals surface area (Å²) >= 11 is 0. The van der Waals surface area contributed by atoms with Gasteiger partial charge in [-0.15, -0.1) is 0 Å². The first-order chi connectivity index (χ1) is 10.5. The Morgan fingerprint density at radius 2 is 2.09 bits per heavy atom. The molecule has 0 aliphatic carbocycles. The molecule has 0 aromatic heterocycles. The second-order valence-electron chi connectivity index (χ2n) is 5.45. The summed E-state index contributed by atoms with van der Waals surface area (Å²) in [6.45, 7) is 5.25. The van der Waals surface area contributed by atoms with Crippen molar-refractivity contribution in [1.82, 2.24) is 10.6 Å². The molecule has 1 aromatic carbocycles. The number of nitrogens with one attached hydrogen (secondary N) is 3. The fourth-order valence-electron chi connectivity index (χ4n) is 1.87. The van der Waals surface area contributed by atoms with E-state index < -0.39 is 0 Å². The van der Waals surface area contributed by atoms with Crippen LogP contribution in [0.1, 0.15) is 26.7 Å². The third-order valence-electron chi connectivity index (χ3n) is 3.00. The van der Waals surface area contributed by atoms with Crippen molar-refractivity contribution >= 4 is 17.6 Å². The lowest BCUT2D eigenvalue weighted by Crippen LogP contribution is -2.41. The summed E-state index contributed by atoms with van der Waals surface area (Å²) in [5, 5.41) is 8.70. The molecule has 0 atom stereocenters. The molecule has 1 aromatic rings. The Morgan fingerprint density at radius 1 is 1.32 bits per heavy atom. The summed E-state index contributed by atoms with van der Waals surface area (Å²) in [7, 11) is 1.66. The highest BCUT2D eigenvalue weighted by atomic mass is 19.1. The number of amides is 1. The number of carbonyl (C=O) groups is 1. The van der Waals surface area contributed by atoms with E-state index in [1.807, 2.05) is 0 Å². The van der Waals surface area contributed by atoms with Crippen LogP contribution in [0.2, 0.25) is 0 Å². The average molecular weight is 308 g/mol. The quantitative estimate of drug-likeness (QED) is 0.411. The van der Waals surface area contributed by atoms with Crippen LogP contribution in [0.4, 0.5) is 10.1 Å². The van der Waals surface area contributed by atoms with Gasteiger partial charge in [-0.2, -0.15) is 0 Å². The van der Waals surface area contributed by atoms with Crippen LogP contribution >= 0.6 is 0 Å². The zero-order chi connectivity index (χ0) is 16.4. The van der Waals surface area contributed by atoms with Gasteiger partial charge in [-0.05, 0) is 37.0 Å². The molecule has 0 fully saturated rings. The average Bonchev–Trinajstić information content (AvgIpc) is 2.46. The molecule has 0 saturated heterocycles. The van der Waals surface area contributed by atoms with Gasteiger partial charge >= 0.3 is 0 Å². The Labute approximate surface area is 131 Å². The van der Waals surface area contributed by atoms with E-state index in [1.54, 1.807) is 19.2 Å². The summed E-state index contributed by atoms with van der Waals surface area (Å²) in [4.78, 5) is 15.8. The Balaban J connectivity index is 2.29. The third-order valence-corrected chi connectivity index (χ3v) is 3.00. The van der Waals surface area contributed by atoms with Gasteiger partial charge in [0.15, 0.2) is 5.96 Å². The van der Waals surface area contributed by atoms with Crippen LogP contribution in [0, 0.1) is 11.7 Å². The Morgan fingerprint density at radius 3 is 2.73 bits per heavy atom. The first kappa shape index (κ1) is 17.9. The van der Waals surface area contributed by atoms with E-state index in [2.05, 4.69) is 34.8 Å². The van der Waals surface area contributed by atoms with Crippen molar-refractivity contribution in [1.29, 1.82) is 0 Å². The van der Waals surface area contributed by atoms with Crippen molar-refractivity contribution in [3.05, 3.63) is 30.1 Å². The second kappa shape index (κ2) is 9.76. The number of halogens is 1. The molecule has 1 amide bonds. The van der Waals surface area contributed by atoms with Crippen LogP contribution in [0.15, 0.2) is 29.3 Å². The molecule has 22 heavy (non-hydrogen) atoms. The molecule has 3 N–H and O–H groups in total. The van der Waals surface area contributed by atoms with E-state index in [9.17, 15) is 9.18 Å². The van der Waals surface area contributed by atoms with Crippen LogP contribution in [0.3, 0.4) is 0 Å². The van der Waals surface area contributed by atoms with E-state index in [1.165, 1.54) is 12.1 Å². The van der Waals surface area contributed by atoms with Gasteiger partial charge in [-0.25, -0.2) is 4.39 Å². The standard InChI is InChI=1S/C16H25FN4O/c1-12(2)6-5-9-19-16(18-3)20-11-15(22)21-14-8-4-7-13(17)10-14/h4,7-8,10,12H,5-6,9,11H2,1-3H3,(H,21,22)(H2,18,19,20). The van der Waals surface area contributed by atoms with Crippen LogP contribution in [0.5, 0.6) is 0 Å². The van der Waals surface area contributed by atoms with Gasteiger partial charge in [0, 0.05) is 19.3 Å². The van der Waals surface area contributed by atoms with Gasteiger partial charge in [-0.3, -0.25) is 9.79 Å². The molecule has 0 aliphatic heterocycles. The molecule has 0 heterocycles. The van der Waals surface area contributed by atoms with Crippen LogP contribution in [0.25, 0.3) is 0 Å². The summed E-state index contributed by atoms with van der Waals surface area (Å²) < 4.78 is 13.0. The third kappa shape index (κ3) is 7.61. The largest absolute Gasteiger partial charge is 0.356 e. The molecule has 0 saturated carbocycles. The minimum Gasteiger partial charge on any atom is -0.356 e. The fourth-order valence-corrected chi connectivity index (χ4v) is 1.87. The first-order valence-corrected chi connectivity index (χ1v) is 7.51. The van der Waals surface area contributed by atoms with E-state index in [-0.39, 0.29) is 18.3 Å². The molecule has 0 bridgehead atoms. The number of hydrogen-bond donors (Lipinski definition) is 3. The zero-order valence-corrected chi connectivity index (χ0v) is 13.4. The Hall–Kier alpha value is -2.11. The predicted octanol–water partition coefficient (Wildman–Crippen LogP) is 2.37. The number of rotatable bonds is 7. The summed E-state index contributed by atoms with van der Waals surface area (Å²) in [6.07, 6.45) is 2.19. The van der Waals surface area contributed by atoms with Gasteiger partial charge in [0.25, 0.3) is 0 Å². The topological polar surface area (TPSA) is 65.5 Å².